The molecule has 1 aliphatic rings. The third-order valence-electron chi connectivity index (χ3n) is 5.27. The number of carbonyl (C=O) groups excluding carboxylic acids is 1. The lowest BCUT2D eigenvalue weighted by Gasteiger charge is -2.37. The zero-order chi connectivity index (χ0) is 21.6. The van der Waals surface area contributed by atoms with Crippen molar-refractivity contribution in [1.82, 2.24) is 9.97 Å². The number of nitrogens with zero attached hydrogens (tertiary/aromatic N) is 5. The van der Waals surface area contributed by atoms with Crippen LogP contribution in [0.5, 0.6) is 0 Å². The smallest absolute Gasteiger partial charge is 0.237 e. The van der Waals surface area contributed by atoms with E-state index >= 15 is 0 Å². The summed E-state index contributed by atoms with van der Waals surface area (Å²) in [7, 11) is 1.69. The number of para-hydroxylation sites is 1. The molecule has 2 heterocycles. The minimum atomic E-state index is -0.324. The van der Waals surface area contributed by atoms with Crippen LogP contribution in [0.3, 0.4) is 0 Å². The Kier molecular flexibility index (Phi) is 6.66. The normalized spacial score (nSPS) is 13.9. The number of hydrogen-bond acceptors (Lipinski definition) is 6. The summed E-state index contributed by atoms with van der Waals surface area (Å²) >= 11 is 1.38. The molecule has 3 aromatic rings. The van der Waals surface area contributed by atoms with Crippen LogP contribution in [0.15, 0.2) is 72.0 Å². The highest BCUT2D eigenvalue weighted by atomic mass is 32.2. The van der Waals surface area contributed by atoms with Gasteiger partial charge in [0, 0.05) is 57.0 Å². The fourth-order valence-electron chi connectivity index (χ4n) is 3.49. The Bertz CT molecular complexity index is 1010. The fraction of sp³-hybridized carbons (Fsp3) is 0.261. The second-order valence-electron chi connectivity index (χ2n) is 7.21. The van der Waals surface area contributed by atoms with Crippen LogP contribution in [0, 0.1) is 5.82 Å². The van der Waals surface area contributed by atoms with Gasteiger partial charge in [-0.05, 0) is 36.4 Å². The SMILES string of the molecule is CN(C(=O)CSc1nccnc1N1CCN(c2ccccc2)CC1)c1ccc(F)cc1. The number of hydrogen-bond donors (Lipinski definition) is 0. The number of thioether (sulfide) groups is 1. The lowest BCUT2D eigenvalue weighted by atomic mass is 10.2. The van der Waals surface area contributed by atoms with Gasteiger partial charge in [0.1, 0.15) is 10.8 Å². The lowest BCUT2D eigenvalue weighted by Crippen LogP contribution is -2.47. The molecule has 0 unspecified atom stereocenters. The van der Waals surface area contributed by atoms with Crippen molar-refractivity contribution < 1.29 is 9.18 Å². The molecule has 0 aliphatic carbocycles. The summed E-state index contributed by atoms with van der Waals surface area (Å²) in [6.07, 6.45) is 3.34. The Labute approximate surface area is 185 Å². The molecule has 1 saturated heterocycles. The van der Waals surface area contributed by atoms with Gasteiger partial charge >= 0.3 is 0 Å². The standard InChI is InChI=1S/C23H24FN5OS/c1-27(19-9-7-18(24)8-10-19)21(30)17-31-23-22(25-11-12-26-23)29-15-13-28(14-16-29)20-5-3-2-4-6-20/h2-12H,13-17H2,1H3. The predicted octanol–water partition coefficient (Wildman–Crippen LogP) is 3.70. The van der Waals surface area contributed by atoms with Gasteiger partial charge in [0.15, 0.2) is 5.82 Å². The van der Waals surface area contributed by atoms with E-state index < -0.39 is 0 Å². The third-order valence-corrected chi connectivity index (χ3v) is 6.22. The molecule has 2 aromatic carbocycles. The lowest BCUT2D eigenvalue weighted by molar-refractivity contribution is -0.115. The largest absolute Gasteiger partial charge is 0.368 e. The number of benzene rings is 2. The van der Waals surface area contributed by atoms with Crippen molar-refractivity contribution in [3.8, 4) is 0 Å². The van der Waals surface area contributed by atoms with E-state index in [4.69, 9.17) is 0 Å². The molecule has 0 saturated carbocycles. The van der Waals surface area contributed by atoms with Crippen LogP contribution in [-0.2, 0) is 4.79 Å². The van der Waals surface area contributed by atoms with Crippen LogP contribution in [0.1, 0.15) is 0 Å². The van der Waals surface area contributed by atoms with Gasteiger partial charge in [-0.2, -0.15) is 0 Å². The highest BCUT2D eigenvalue weighted by Gasteiger charge is 2.22. The summed E-state index contributed by atoms with van der Waals surface area (Å²) in [4.78, 5) is 27.8. The molecule has 8 heteroatoms. The van der Waals surface area contributed by atoms with Gasteiger partial charge in [-0.1, -0.05) is 30.0 Å². The van der Waals surface area contributed by atoms with E-state index in [1.807, 2.05) is 6.07 Å². The van der Waals surface area contributed by atoms with Crippen LogP contribution < -0.4 is 14.7 Å². The molecule has 1 fully saturated rings. The molecule has 1 aliphatic heterocycles. The van der Waals surface area contributed by atoms with Crippen LogP contribution >= 0.6 is 11.8 Å². The number of rotatable bonds is 6. The van der Waals surface area contributed by atoms with E-state index in [0.29, 0.717) is 5.69 Å². The molecule has 0 N–H and O–H groups in total. The first-order valence-electron chi connectivity index (χ1n) is 10.1. The monoisotopic (exact) mass is 437 g/mol. The predicted molar refractivity (Wildman–Crippen MR) is 123 cm³/mol. The summed E-state index contributed by atoms with van der Waals surface area (Å²) in [5.41, 5.74) is 1.88. The van der Waals surface area contributed by atoms with E-state index in [2.05, 4.69) is 44.0 Å². The molecule has 31 heavy (non-hydrogen) atoms. The average molecular weight is 438 g/mol. The second kappa shape index (κ2) is 9.78. The van der Waals surface area contributed by atoms with Gasteiger partial charge in [0.05, 0.1) is 5.75 Å². The molecular formula is C23H24FN5OS. The number of anilines is 3. The summed E-state index contributed by atoms with van der Waals surface area (Å²) in [5, 5.41) is 0.747. The van der Waals surface area contributed by atoms with Gasteiger partial charge in [0.25, 0.3) is 0 Å². The van der Waals surface area contributed by atoms with Crippen molar-refractivity contribution in [3.05, 3.63) is 72.8 Å². The quantitative estimate of drug-likeness (QED) is 0.548. The first-order chi connectivity index (χ1) is 15.1. The van der Waals surface area contributed by atoms with Crippen molar-refractivity contribution in [2.24, 2.45) is 0 Å². The number of halogens is 1. The molecule has 4 rings (SSSR count). The van der Waals surface area contributed by atoms with Gasteiger partial charge in [-0.3, -0.25) is 4.79 Å². The van der Waals surface area contributed by atoms with Crippen LogP contribution in [0.4, 0.5) is 21.6 Å². The zero-order valence-corrected chi connectivity index (χ0v) is 18.1. The summed E-state index contributed by atoms with van der Waals surface area (Å²) < 4.78 is 13.1. The maximum atomic E-state index is 13.1. The summed E-state index contributed by atoms with van der Waals surface area (Å²) in [6, 6.07) is 16.3. The van der Waals surface area contributed by atoms with Crippen LogP contribution in [0.25, 0.3) is 0 Å². The second-order valence-corrected chi connectivity index (χ2v) is 8.18. The highest BCUT2D eigenvalue weighted by Crippen LogP contribution is 2.28. The molecule has 160 valence electrons. The fourth-order valence-corrected chi connectivity index (χ4v) is 4.39. The Balaban J connectivity index is 1.37. The summed E-state index contributed by atoms with van der Waals surface area (Å²) in [5.74, 6) is 0.638. The van der Waals surface area contributed by atoms with E-state index in [0.717, 1.165) is 37.0 Å². The minimum absolute atomic E-state index is 0.0814. The first-order valence-corrected chi connectivity index (χ1v) is 11.1. The molecule has 6 nitrogen and oxygen atoms in total. The number of carbonyl (C=O) groups is 1. The Morgan fingerprint density at radius 2 is 1.61 bits per heavy atom. The number of piperazine rings is 1. The van der Waals surface area contributed by atoms with E-state index in [9.17, 15) is 9.18 Å². The van der Waals surface area contributed by atoms with E-state index in [1.54, 1.807) is 31.6 Å². The number of aromatic nitrogens is 2. The highest BCUT2D eigenvalue weighted by molar-refractivity contribution is 8.00. The molecular weight excluding hydrogens is 413 g/mol. The topological polar surface area (TPSA) is 52.6 Å². The van der Waals surface area contributed by atoms with Gasteiger partial charge < -0.3 is 14.7 Å². The molecule has 1 aromatic heterocycles. The molecule has 0 spiro atoms. The van der Waals surface area contributed by atoms with Crippen molar-refractivity contribution in [2.75, 3.05) is 53.7 Å². The Morgan fingerprint density at radius 1 is 0.968 bits per heavy atom. The molecule has 0 bridgehead atoms. The van der Waals surface area contributed by atoms with Gasteiger partial charge in [-0.15, -0.1) is 0 Å². The molecule has 0 atom stereocenters. The Hall–Kier alpha value is -3.13. The average Bonchev–Trinajstić information content (AvgIpc) is 2.83. The van der Waals surface area contributed by atoms with Crippen LogP contribution in [0.2, 0.25) is 0 Å². The molecule has 1 amide bonds. The van der Waals surface area contributed by atoms with E-state index in [-0.39, 0.29) is 17.5 Å². The van der Waals surface area contributed by atoms with Crippen molar-refractivity contribution in [2.45, 2.75) is 5.03 Å². The minimum Gasteiger partial charge on any atom is -0.368 e. The van der Waals surface area contributed by atoms with Crippen LogP contribution in [-0.4, -0.2) is 54.9 Å². The maximum Gasteiger partial charge on any atom is 0.237 e. The zero-order valence-electron chi connectivity index (χ0n) is 17.3. The Morgan fingerprint density at radius 3 is 2.32 bits per heavy atom. The van der Waals surface area contributed by atoms with Crippen molar-refractivity contribution in [1.29, 1.82) is 0 Å². The first kappa shape index (κ1) is 21.1. The van der Waals surface area contributed by atoms with Gasteiger partial charge in [0.2, 0.25) is 5.91 Å². The number of amides is 1. The third kappa shape index (κ3) is 5.14. The summed E-state index contributed by atoms with van der Waals surface area (Å²) in [6.45, 7) is 3.48. The van der Waals surface area contributed by atoms with E-state index in [1.165, 1.54) is 34.5 Å². The van der Waals surface area contributed by atoms with Crippen molar-refractivity contribution in [3.63, 3.8) is 0 Å². The van der Waals surface area contributed by atoms with Crippen molar-refractivity contribution >= 4 is 34.9 Å². The maximum absolute atomic E-state index is 13.1. The van der Waals surface area contributed by atoms with Gasteiger partial charge in [-0.25, -0.2) is 14.4 Å². The molecule has 0 radical (unpaired) electrons.